The molecule has 1 aromatic carbocycles. The fraction of sp³-hybridized carbons (Fsp3) is 0.111. The van der Waals surface area contributed by atoms with Gasteiger partial charge in [0.2, 0.25) is 5.88 Å². The third-order valence-electron chi connectivity index (χ3n) is 3.91. The molecule has 134 valence electrons. The highest BCUT2D eigenvalue weighted by Gasteiger charge is 2.14. The van der Waals surface area contributed by atoms with E-state index in [0.29, 0.717) is 10.9 Å². The van der Waals surface area contributed by atoms with E-state index >= 15 is 0 Å². The number of anilines is 2. The Morgan fingerprint density at radius 1 is 1.23 bits per heavy atom. The number of thiazole rings is 1. The number of aryl methyl sites for hydroxylation is 1. The third kappa shape index (κ3) is 3.49. The number of halogens is 2. The first-order valence-corrected chi connectivity index (χ1v) is 8.90. The predicted octanol–water partition coefficient (Wildman–Crippen LogP) is 5.82. The first kappa shape index (κ1) is 18.5. The monoisotopic (exact) mass is 406 g/mol. The maximum absolute atomic E-state index is 6.16. The summed E-state index contributed by atoms with van der Waals surface area (Å²) in [5.74, 6) is 0.580. The second-order valence-corrected chi connectivity index (χ2v) is 6.86. The Morgan fingerprint density at radius 2 is 2.08 bits per heavy atom. The van der Waals surface area contributed by atoms with E-state index in [9.17, 15) is 0 Å². The van der Waals surface area contributed by atoms with Gasteiger partial charge >= 0.3 is 0 Å². The van der Waals surface area contributed by atoms with E-state index in [1.54, 1.807) is 24.6 Å². The van der Waals surface area contributed by atoms with E-state index in [2.05, 4.69) is 15.3 Å². The Morgan fingerprint density at radius 3 is 2.81 bits per heavy atom. The van der Waals surface area contributed by atoms with Crippen molar-refractivity contribution in [1.82, 2.24) is 15.0 Å². The molecule has 8 heteroatoms. The zero-order valence-electron chi connectivity index (χ0n) is 14.0. The minimum Gasteiger partial charge on any atom is -0.481 e. The Hall–Kier alpha value is -2.28. The van der Waals surface area contributed by atoms with Crippen LogP contribution in [-0.4, -0.2) is 22.1 Å². The van der Waals surface area contributed by atoms with E-state index < -0.39 is 0 Å². The molecule has 0 saturated heterocycles. The number of hydrogen-bond acceptors (Lipinski definition) is 5. The molecule has 26 heavy (non-hydrogen) atoms. The quantitative estimate of drug-likeness (QED) is 0.447. The molecule has 0 aliphatic carbocycles. The number of aromatic amines is 1. The topological polar surface area (TPSA) is 62.8 Å². The Balaban J connectivity index is 0.00000196. The molecule has 0 radical (unpaired) electrons. The highest BCUT2D eigenvalue weighted by atomic mass is 35.5. The maximum atomic E-state index is 6.16. The lowest BCUT2D eigenvalue weighted by Crippen LogP contribution is -1.92. The Labute approximate surface area is 165 Å². The number of aromatic nitrogens is 3. The van der Waals surface area contributed by atoms with Crippen LogP contribution < -0.4 is 10.1 Å². The molecule has 0 saturated carbocycles. The lowest BCUT2D eigenvalue weighted by molar-refractivity contribution is 0.398. The number of fused-ring (bicyclic) bond motifs is 1. The first-order chi connectivity index (χ1) is 12.1. The molecule has 0 atom stereocenters. The number of methoxy groups -OCH3 is 1. The lowest BCUT2D eigenvalue weighted by atomic mass is 10.1. The van der Waals surface area contributed by atoms with Crippen molar-refractivity contribution < 1.29 is 4.74 Å². The number of benzene rings is 1. The Bertz CT molecular complexity index is 1040. The van der Waals surface area contributed by atoms with Crippen molar-refractivity contribution in [3.05, 3.63) is 52.6 Å². The van der Waals surface area contributed by atoms with Gasteiger partial charge in [0.05, 0.1) is 24.7 Å². The van der Waals surface area contributed by atoms with Gasteiger partial charge in [0.1, 0.15) is 0 Å². The van der Waals surface area contributed by atoms with Crippen molar-refractivity contribution in [2.24, 2.45) is 0 Å². The normalized spacial score (nSPS) is 10.6. The second kappa shape index (κ2) is 7.53. The number of nitrogens with zero attached hydrogens (tertiary/aromatic N) is 2. The van der Waals surface area contributed by atoms with Gasteiger partial charge in [-0.2, -0.15) is 0 Å². The average molecular weight is 407 g/mol. The number of pyridine rings is 1. The molecule has 0 spiro atoms. The molecular formula is C18H16Cl2N4OS. The number of H-pyrrole nitrogens is 1. The molecule has 0 aliphatic heterocycles. The molecule has 4 rings (SSSR count). The van der Waals surface area contributed by atoms with E-state index in [1.807, 2.05) is 42.6 Å². The van der Waals surface area contributed by atoms with Crippen LogP contribution in [0.25, 0.3) is 22.2 Å². The molecule has 2 N–H and O–H groups in total. The fourth-order valence-electron chi connectivity index (χ4n) is 2.77. The standard InChI is InChI=1S/C18H15ClN4OS.ClH/c1-10-17(13-7-11(19)3-5-14(13)21-10)15-9-25-18(23-15)22-12-4-6-16(24-2)20-8-12;/h3-9,21H,1-2H3,(H,22,23);1H. The number of rotatable bonds is 4. The first-order valence-electron chi connectivity index (χ1n) is 7.65. The molecular weight excluding hydrogens is 391 g/mol. The minimum atomic E-state index is 0. The maximum Gasteiger partial charge on any atom is 0.213 e. The summed E-state index contributed by atoms with van der Waals surface area (Å²) >= 11 is 7.71. The number of hydrogen-bond donors (Lipinski definition) is 2. The van der Waals surface area contributed by atoms with Crippen LogP contribution >= 0.6 is 35.3 Å². The molecule has 0 fully saturated rings. The zero-order valence-corrected chi connectivity index (χ0v) is 16.4. The molecule has 0 unspecified atom stereocenters. The van der Waals surface area contributed by atoms with E-state index in [1.165, 1.54) is 0 Å². The molecule has 0 bridgehead atoms. The highest BCUT2D eigenvalue weighted by Crippen LogP contribution is 2.35. The van der Waals surface area contributed by atoms with Crippen LogP contribution in [0.1, 0.15) is 5.69 Å². The van der Waals surface area contributed by atoms with Crippen molar-refractivity contribution in [3.63, 3.8) is 0 Å². The van der Waals surface area contributed by atoms with Gasteiger partial charge in [-0.3, -0.25) is 0 Å². The van der Waals surface area contributed by atoms with E-state index in [4.69, 9.17) is 21.3 Å². The summed E-state index contributed by atoms with van der Waals surface area (Å²) in [6.45, 7) is 2.04. The van der Waals surface area contributed by atoms with Crippen molar-refractivity contribution in [3.8, 4) is 17.1 Å². The molecule has 4 aromatic rings. The summed E-state index contributed by atoms with van der Waals surface area (Å²) in [6.07, 6.45) is 1.72. The van der Waals surface area contributed by atoms with Crippen molar-refractivity contribution in [2.75, 3.05) is 12.4 Å². The predicted molar refractivity (Wildman–Crippen MR) is 110 cm³/mol. The molecule has 5 nitrogen and oxygen atoms in total. The Kier molecular flexibility index (Phi) is 5.36. The molecule has 0 aliphatic rings. The van der Waals surface area contributed by atoms with Crippen LogP contribution in [0.3, 0.4) is 0 Å². The average Bonchev–Trinajstić information content (AvgIpc) is 3.18. The third-order valence-corrected chi connectivity index (χ3v) is 4.90. The second-order valence-electron chi connectivity index (χ2n) is 5.57. The zero-order chi connectivity index (χ0) is 17.4. The van der Waals surface area contributed by atoms with E-state index in [-0.39, 0.29) is 12.4 Å². The number of ether oxygens (including phenoxy) is 1. The van der Waals surface area contributed by atoms with Gasteiger partial charge < -0.3 is 15.0 Å². The summed E-state index contributed by atoms with van der Waals surface area (Å²) < 4.78 is 5.07. The van der Waals surface area contributed by atoms with Crippen molar-refractivity contribution in [2.45, 2.75) is 6.92 Å². The van der Waals surface area contributed by atoms with Gasteiger partial charge in [-0.15, -0.1) is 23.7 Å². The van der Waals surface area contributed by atoms with Gasteiger partial charge in [-0.1, -0.05) is 11.6 Å². The summed E-state index contributed by atoms with van der Waals surface area (Å²) in [4.78, 5) is 12.3. The van der Waals surface area contributed by atoms with Gasteiger partial charge in [-0.25, -0.2) is 9.97 Å². The van der Waals surface area contributed by atoms with Gasteiger partial charge in [-0.05, 0) is 31.2 Å². The van der Waals surface area contributed by atoms with E-state index in [0.717, 1.165) is 38.7 Å². The van der Waals surface area contributed by atoms with Crippen LogP contribution in [0.15, 0.2) is 41.9 Å². The van der Waals surface area contributed by atoms with Gasteiger partial charge in [0.15, 0.2) is 5.13 Å². The van der Waals surface area contributed by atoms with Crippen molar-refractivity contribution in [1.29, 1.82) is 0 Å². The highest BCUT2D eigenvalue weighted by molar-refractivity contribution is 7.14. The molecule has 3 heterocycles. The van der Waals surface area contributed by atoms with Crippen LogP contribution in [0, 0.1) is 6.92 Å². The fourth-order valence-corrected chi connectivity index (χ4v) is 3.67. The summed E-state index contributed by atoms with van der Waals surface area (Å²) in [7, 11) is 1.60. The molecule has 0 amide bonds. The minimum absolute atomic E-state index is 0. The van der Waals surface area contributed by atoms with Crippen molar-refractivity contribution >= 4 is 57.1 Å². The largest absolute Gasteiger partial charge is 0.481 e. The lowest BCUT2D eigenvalue weighted by Gasteiger charge is -2.03. The molecule has 3 aromatic heterocycles. The van der Waals surface area contributed by atoms with Crippen LogP contribution in [0.4, 0.5) is 10.8 Å². The smallest absolute Gasteiger partial charge is 0.213 e. The van der Waals surface area contributed by atoms with Gasteiger partial charge in [0.25, 0.3) is 0 Å². The summed E-state index contributed by atoms with van der Waals surface area (Å²) in [5, 5.41) is 7.90. The SMILES string of the molecule is COc1ccc(Nc2nc(-c3c(C)[nH]c4ccc(Cl)cc34)cs2)cn1.Cl. The summed E-state index contributed by atoms with van der Waals surface area (Å²) in [5.41, 5.74) is 4.98. The van der Waals surface area contributed by atoms with Crippen LogP contribution in [-0.2, 0) is 0 Å². The number of nitrogens with one attached hydrogen (secondary N) is 2. The van der Waals surface area contributed by atoms with Gasteiger partial charge in [0, 0.05) is 38.6 Å². The van der Waals surface area contributed by atoms with Crippen LogP contribution in [0.2, 0.25) is 5.02 Å². The van der Waals surface area contributed by atoms with Crippen LogP contribution in [0.5, 0.6) is 5.88 Å². The summed E-state index contributed by atoms with van der Waals surface area (Å²) in [6, 6.07) is 9.55.